The summed E-state index contributed by atoms with van der Waals surface area (Å²) in [6.07, 6.45) is 2.63. The molecule has 4 rings (SSSR count). The molecule has 1 aliphatic rings. The van der Waals surface area contributed by atoms with E-state index in [0.717, 1.165) is 40.8 Å². The molecule has 2 heterocycles. The highest BCUT2D eigenvalue weighted by molar-refractivity contribution is 5.86. The summed E-state index contributed by atoms with van der Waals surface area (Å²) in [5.41, 5.74) is 2.07. The Morgan fingerprint density at radius 1 is 1.27 bits per heavy atom. The molecule has 3 aromatic rings. The number of rotatable bonds is 6. The Balaban J connectivity index is 1.94. The number of aliphatic carboxylic acids is 1. The standard InChI is InChI=1S/C26H27F3N2O2/c1-15(13-27)14-31-25(23-19(28)10-16(11-20(23)29)8-9-22(32)33)24-18(12-26(31,2)3)17-6-4-5-7-21(17)30-24/h4-11,15,25,30H,12-14H2,1-3H3,(H,32,33). The molecule has 0 aliphatic carbocycles. The van der Waals surface area contributed by atoms with Crippen LogP contribution >= 0.6 is 0 Å². The average Bonchev–Trinajstić information content (AvgIpc) is 3.11. The van der Waals surface area contributed by atoms with E-state index < -0.39 is 35.9 Å². The van der Waals surface area contributed by atoms with Gasteiger partial charge in [0.15, 0.2) is 0 Å². The first-order chi connectivity index (χ1) is 15.6. The lowest BCUT2D eigenvalue weighted by Gasteiger charge is -2.48. The van der Waals surface area contributed by atoms with Crippen molar-refractivity contribution in [2.75, 3.05) is 13.2 Å². The third-order valence-corrected chi connectivity index (χ3v) is 6.38. The molecule has 2 atom stereocenters. The lowest BCUT2D eigenvalue weighted by atomic mass is 9.80. The summed E-state index contributed by atoms with van der Waals surface area (Å²) in [6, 6.07) is 9.24. The van der Waals surface area contributed by atoms with Gasteiger partial charge in [-0.1, -0.05) is 25.1 Å². The minimum atomic E-state index is -1.21. The Morgan fingerprint density at radius 2 is 1.94 bits per heavy atom. The molecule has 2 N–H and O–H groups in total. The molecule has 1 aliphatic heterocycles. The van der Waals surface area contributed by atoms with Crippen molar-refractivity contribution in [3.05, 3.63) is 76.5 Å². The van der Waals surface area contributed by atoms with Crippen LogP contribution in [0.2, 0.25) is 0 Å². The fourth-order valence-electron chi connectivity index (χ4n) is 4.85. The lowest BCUT2D eigenvalue weighted by molar-refractivity contribution is -0.131. The Hall–Kier alpha value is -3.06. The van der Waals surface area contributed by atoms with Gasteiger partial charge >= 0.3 is 5.97 Å². The van der Waals surface area contributed by atoms with Crippen LogP contribution in [-0.2, 0) is 11.2 Å². The van der Waals surface area contributed by atoms with Crippen molar-refractivity contribution >= 4 is 22.9 Å². The summed E-state index contributed by atoms with van der Waals surface area (Å²) >= 11 is 0. The molecule has 7 heteroatoms. The maximum atomic E-state index is 15.5. The van der Waals surface area contributed by atoms with Gasteiger partial charge in [0.05, 0.1) is 12.7 Å². The highest BCUT2D eigenvalue weighted by atomic mass is 19.1. The van der Waals surface area contributed by atoms with Crippen molar-refractivity contribution in [2.45, 2.75) is 38.8 Å². The van der Waals surface area contributed by atoms with Gasteiger partial charge in [-0.2, -0.15) is 0 Å². The second-order valence-corrected chi connectivity index (χ2v) is 9.44. The van der Waals surface area contributed by atoms with Crippen LogP contribution in [0.4, 0.5) is 13.2 Å². The summed E-state index contributed by atoms with van der Waals surface area (Å²) in [5.74, 6) is -3.07. The summed E-state index contributed by atoms with van der Waals surface area (Å²) < 4.78 is 44.5. The minimum Gasteiger partial charge on any atom is -0.478 e. The molecule has 1 aromatic heterocycles. The molecular formula is C26H27F3N2O2. The van der Waals surface area contributed by atoms with Gasteiger partial charge < -0.3 is 10.1 Å². The lowest BCUT2D eigenvalue weighted by Crippen LogP contribution is -2.53. The van der Waals surface area contributed by atoms with E-state index >= 15 is 8.78 Å². The number of aromatic amines is 1. The smallest absolute Gasteiger partial charge is 0.328 e. The van der Waals surface area contributed by atoms with Gasteiger partial charge in [-0.15, -0.1) is 0 Å². The quantitative estimate of drug-likeness (QED) is 0.456. The summed E-state index contributed by atoms with van der Waals surface area (Å²) in [7, 11) is 0. The Bertz CT molecular complexity index is 1210. The maximum absolute atomic E-state index is 15.5. The number of halogens is 3. The fraction of sp³-hybridized carbons (Fsp3) is 0.346. The molecule has 2 unspecified atom stereocenters. The number of carboxylic acids is 1. The summed E-state index contributed by atoms with van der Waals surface area (Å²) in [4.78, 5) is 16.2. The van der Waals surface area contributed by atoms with Gasteiger partial charge in [-0.05, 0) is 61.6 Å². The van der Waals surface area contributed by atoms with Gasteiger partial charge in [-0.3, -0.25) is 9.29 Å². The first kappa shape index (κ1) is 23.1. The van der Waals surface area contributed by atoms with Gasteiger partial charge in [0, 0.05) is 40.3 Å². The van der Waals surface area contributed by atoms with Gasteiger partial charge in [0.1, 0.15) is 11.6 Å². The number of alkyl halides is 1. The summed E-state index contributed by atoms with van der Waals surface area (Å²) in [6.45, 7) is 5.58. The van der Waals surface area contributed by atoms with E-state index in [1.807, 2.05) is 43.0 Å². The molecule has 0 amide bonds. The second-order valence-electron chi connectivity index (χ2n) is 9.44. The van der Waals surface area contributed by atoms with Crippen LogP contribution in [0, 0.1) is 17.6 Å². The number of fused-ring (bicyclic) bond motifs is 3. The van der Waals surface area contributed by atoms with Crippen molar-refractivity contribution in [1.29, 1.82) is 0 Å². The van der Waals surface area contributed by atoms with Crippen molar-refractivity contribution in [3.63, 3.8) is 0 Å². The second kappa shape index (κ2) is 8.71. The highest BCUT2D eigenvalue weighted by Gasteiger charge is 2.44. The molecule has 0 radical (unpaired) electrons. The number of hydrogen-bond acceptors (Lipinski definition) is 2. The number of benzene rings is 2. The molecule has 0 bridgehead atoms. The zero-order valence-electron chi connectivity index (χ0n) is 18.8. The zero-order valence-corrected chi connectivity index (χ0v) is 18.8. The molecule has 0 saturated carbocycles. The predicted octanol–water partition coefficient (Wildman–Crippen LogP) is 5.88. The van der Waals surface area contributed by atoms with Crippen LogP contribution in [0.1, 0.15) is 49.2 Å². The number of carbonyl (C=O) groups is 1. The number of nitrogens with one attached hydrogen (secondary N) is 1. The highest BCUT2D eigenvalue weighted by Crippen LogP contribution is 2.46. The number of carboxylic acid groups (broad SMARTS) is 1. The SMILES string of the molecule is CC(CF)CN1C(c2c(F)cc(C=CC(=O)O)cc2F)c2[nH]c3ccccc3c2CC1(C)C. The van der Waals surface area contributed by atoms with Crippen LogP contribution in [0.25, 0.3) is 17.0 Å². The van der Waals surface area contributed by atoms with Gasteiger partial charge in [0.2, 0.25) is 0 Å². The molecule has 4 nitrogen and oxygen atoms in total. The van der Waals surface area contributed by atoms with Crippen LogP contribution in [0.15, 0.2) is 42.5 Å². The maximum Gasteiger partial charge on any atom is 0.328 e. The van der Waals surface area contributed by atoms with E-state index in [-0.39, 0.29) is 17.0 Å². The monoisotopic (exact) mass is 456 g/mol. The number of H-pyrrole nitrogens is 1. The summed E-state index contributed by atoms with van der Waals surface area (Å²) in [5, 5.41) is 9.84. The van der Waals surface area contributed by atoms with Gasteiger partial charge in [0.25, 0.3) is 0 Å². The van der Waals surface area contributed by atoms with Crippen molar-refractivity contribution in [3.8, 4) is 0 Å². The third kappa shape index (κ3) is 4.29. The molecule has 174 valence electrons. The van der Waals surface area contributed by atoms with Gasteiger partial charge in [-0.25, -0.2) is 13.6 Å². The third-order valence-electron chi connectivity index (χ3n) is 6.38. The first-order valence-electron chi connectivity index (χ1n) is 10.9. The number of para-hydroxylation sites is 1. The normalized spacial score (nSPS) is 19.2. The zero-order chi connectivity index (χ0) is 23.9. The van der Waals surface area contributed by atoms with Crippen molar-refractivity contribution in [2.24, 2.45) is 5.92 Å². The van der Waals surface area contributed by atoms with E-state index in [1.54, 1.807) is 6.92 Å². The molecule has 0 saturated heterocycles. The first-order valence-corrected chi connectivity index (χ1v) is 10.9. The van der Waals surface area contributed by atoms with E-state index in [2.05, 4.69) is 4.98 Å². The number of aromatic nitrogens is 1. The molecule has 2 aromatic carbocycles. The molecule has 0 fully saturated rings. The Morgan fingerprint density at radius 3 is 2.58 bits per heavy atom. The van der Waals surface area contributed by atoms with Crippen molar-refractivity contribution in [1.82, 2.24) is 9.88 Å². The largest absolute Gasteiger partial charge is 0.478 e. The molecule has 33 heavy (non-hydrogen) atoms. The van der Waals surface area contributed by atoms with Crippen LogP contribution in [0.3, 0.4) is 0 Å². The number of nitrogens with zero attached hydrogens (tertiary/aromatic N) is 1. The molecule has 0 spiro atoms. The minimum absolute atomic E-state index is 0.117. The van der Waals surface area contributed by atoms with E-state index in [0.29, 0.717) is 18.7 Å². The molecular weight excluding hydrogens is 429 g/mol. The van der Waals surface area contributed by atoms with Crippen molar-refractivity contribution < 1.29 is 23.1 Å². The topological polar surface area (TPSA) is 56.3 Å². The predicted molar refractivity (Wildman–Crippen MR) is 123 cm³/mol. The fourth-order valence-corrected chi connectivity index (χ4v) is 4.85. The Labute approximate surface area is 190 Å². The van der Waals surface area contributed by atoms with E-state index in [1.165, 1.54) is 0 Å². The van der Waals surface area contributed by atoms with Crippen LogP contribution in [-0.4, -0.2) is 39.7 Å². The number of hydrogen-bond donors (Lipinski definition) is 2. The van der Waals surface area contributed by atoms with E-state index in [9.17, 15) is 9.18 Å². The average molecular weight is 457 g/mol. The Kier molecular flexibility index (Phi) is 6.10. The van der Waals surface area contributed by atoms with Crippen LogP contribution < -0.4 is 0 Å². The van der Waals surface area contributed by atoms with E-state index in [4.69, 9.17) is 5.11 Å². The van der Waals surface area contributed by atoms with Crippen LogP contribution in [0.5, 0.6) is 0 Å².